The van der Waals surface area contributed by atoms with Gasteiger partial charge in [-0.1, -0.05) is 0 Å². The number of hydrogen-bond donors (Lipinski definition) is 1. The van der Waals surface area contributed by atoms with E-state index in [0.717, 1.165) is 10.7 Å². The second-order valence-electron chi connectivity index (χ2n) is 4.03. The molecule has 0 bridgehead atoms. The number of sulfonamides is 1. The number of hydrogen-bond acceptors (Lipinski definition) is 5. The maximum Gasteiger partial charge on any atom is 0.218 e. The van der Waals surface area contributed by atoms with Crippen LogP contribution in [0.1, 0.15) is 17.6 Å². The van der Waals surface area contributed by atoms with Gasteiger partial charge in [-0.15, -0.1) is 11.3 Å². The molecule has 1 unspecified atom stereocenters. The van der Waals surface area contributed by atoms with Gasteiger partial charge < -0.3 is 5.32 Å². The highest BCUT2D eigenvalue weighted by atomic mass is 32.2. The van der Waals surface area contributed by atoms with Crippen LogP contribution in [-0.2, 0) is 16.6 Å². The molecule has 1 aromatic heterocycles. The lowest BCUT2D eigenvalue weighted by atomic mass is 10.5. The summed E-state index contributed by atoms with van der Waals surface area (Å²) in [6.07, 6.45) is 0. The smallest absolute Gasteiger partial charge is 0.218 e. The molecule has 0 aromatic carbocycles. The summed E-state index contributed by atoms with van der Waals surface area (Å²) in [7, 11) is 0.0847. The van der Waals surface area contributed by atoms with Crippen LogP contribution >= 0.6 is 11.3 Å². The Morgan fingerprint density at radius 1 is 1.59 bits per heavy atom. The zero-order valence-electron chi connectivity index (χ0n) is 10.6. The highest BCUT2D eigenvalue weighted by molar-refractivity contribution is 7.89. The van der Waals surface area contributed by atoms with Crippen LogP contribution in [0.15, 0.2) is 5.38 Å². The van der Waals surface area contributed by atoms with Gasteiger partial charge in [-0.3, -0.25) is 0 Å². The van der Waals surface area contributed by atoms with E-state index < -0.39 is 15.3 Å². The Morgan fingerprint density at radius 3 is 2.71 bits per heavy atom. The van der Waals surface area contributed by atoms with Gasteiger partial charge in [0.15, 0.2) is 0 Å². The highest BCUT2D eigenvalue weighted by Crippen LogP contribution is 2.13. The molecule has 1 rings (SSSR count). The number of thiazole rings is 1. The summed E-state index contributed by atoms with van der Waals surface area (Å²) in [5, 5.41) is 5.29. The first-order valence-electron chi connectivity index (χ1n) is 5.38. The number of nitrogens with one attached hydrogen (secondary N) is 1. The molecule has 1 aromatic rings. The molecule has 1 heterocycles. The van der Waals surface area contributed by atoms with Gasteiger partial charge in [0, 0.05) is 19.0 Å². The van der Waals surface area contributed by atoms with Crippen molar-refractivity contribution < 1.29 is 8.42 Å². The molecule has 0 aliphatic carbocycles. The molecule has 7 heteroatoms. The fourth-order valence-electron chi connectivity index (χ4n) is 1.50. The van der Waals surface area contributed by atoms with E-state index in [1.54, 1.807) is 21.0 Å². The van der Waals surface area contributed by atoms with Crippen molar-refractivity contribution in [3.05, 3.63) is 16.1 Å². The molecule has 1 N–H and O–H groups in total. The average molecular weight is 277 g/mol. The molecule has 0 fully saturated rings. The summed E-state index contributed by atoms with van der Waals surface area (Å²) < 4.78 is 25.6. The van der Waals surface area contributed by atoms with E-state index in [-0.39, 0.29) is 0 Å². The summed E-state index contributed by atoms with van der Waals surface area (Å²) in [4.78, 5) is 4.27. The van der Waals surface area contributed by atoms with Gasteiger partial charge in [0.2, 0.25) is 10.0 Å². The number of nitrogens with zero attached hydrogens (tertiary/aromatic N) is 2. The highest BCUT2D eigenvalue weighted by Gasteiger charge is 2.25. The average Bonchev–Trinajstić information content (AvgIpc) is 2.64. The van der Waals surface area contributed by atoms with Gasteiger partial charge in [-0.2, -0.15) is 4.31 Å². The maximum atomic E-state index is 12.1. The van der Waals surface area contributed by atoms with Crippen molar-refractivity contribution in [2.75, 3.05) is 20.6 Å². The molecule has 0 radical (unpaired) electrons. The van der Waals surface area contributed by atoms with Gasteiger partial charge in [-0.05, 0) is 20.9 Å². The van der Waals surface area contributed by atoms with Gasteiger partial charge in [0.25, 0.3) is 0 Å². The van der Waals surface area contributed by atoms with Crippen LogP contribution in [-0.4, -0.2) is 43.6 Å². The molecule has 0 saturated carbocycles. The Labute approximate surface area is 107 Å². The standard InChI is InChI=1S/C10H19N3O2S2/c1-8(5-11-3)17(14,15)13(4)6-10-7-16-9(2)12-10/h7-8,11H,5-6H2,1-4H3. The Bertz CT molecular complexity index is 456. The summed E-state index contributed by atoms with van der Waals surface area (Å²) in [5.41, 5.74) is 0.801. The quantitative estimate of drug-likeness (QED) is 0.836. The molecule has 0 amide bonds. The fraction of sp³-hybridized carbons (Fsp3) is 0.700. The second-order valence-corrected chi connectivity index (χ2v) is 7.55. The third-order valence-electron chi connectivity index (χ3n) is 2.49. The molecule has 0 aliphatic heterocycles. The van der Waals surface area contributed by atoms with E-state index >= 15 is 0 Å². The summed E-state index contributed by atoms with van der Waals surface area (Å²) in [6.45, 7) is 4.39. The van der Waals surface area contributed by atoms with Crippen LogP contribution in [0.3, 0.4) is 0 Å². The zero-order valence-corrected chi connectivity index (χ0v) is 12.2. The van der Waals surface area contributed by atoms with Crippen molar-refractivity contribution >= 4 is 21.4 Å². The SMILES string of the molecule is CNCC(C)S(=O)(=O)N(C)Cc1csc(C)n1. The third-order valence-corrected chi connectivity index (χ3v) is 5.49. The van der Waals surface area contributed by atoms with Gasteiger partial charge in [0.1, 0.15) is 0 Å². The number of rotatable bonds is 6. The topological polar surface area (TPSA) is 62.3 Å². The van der Waals surface area contributed by atoms with Crippen molar-refractivity contribution in [2.24, 2.45) is 0 Å². The molecule has 17 heavy (non-hydrogen) atoms. The summed E-state index contributed by atoms with van der Waals surface area (Å²) in [6, 6.07) is 0. The molecular formula is C10H19N3O2S2. The van der Waals surface area contributed by atoms with Crippen LogP contribution in [0, 0.1) is 6.92 Å². The van der Waals surface area contributed by atoms with Crippen molar-refractivity contribution in [1.82, 2.24) is 14.6 Å². The van der Waals surface area contributed by atoms with Crippen LogP contribution in [0.2, 0.25) is 0 Å². The Hall–Kier alpha value is -0.500. The van der Waals surface area contributed by atoms with Gasteiger partial charge in [-0.25, -0.2) is 13.4 Å². The van der Waals surface area contributed by atoms with Crippen LogP contribution in [0.25, 0.3) is 0 Å². The number of aryl methyl sites for hydroxylation is 1. The van der Waals surface area contributed by atoms with Crippen molar-refractivity contribution in [2.45, 2.75) is 25.6 Å². The lowest BCUT2D eigenvalue weighted by molar-refractivity contribution is 0.452. The Balaban J connectivity index is 2.72. The Morgan fingerprint density at radius 2 is 2.24 bits per heavy atom. The van der Waals surface area contributed by atoms with E-state index in [4.69, 9.17) is 0 Å². The first-order chi connectivity index (χ1) is 7.87. The maximum absolute atomic E-state index is 12.1. The first-order valence-corrected chi connectivity index (χ1v) is 7.77. The molecule has 0 spiro atoms. The minimum atomic E-state index is -3.25. The van der Waals surface area contributed by atoms with E-state index in [2.05, 4.69) is 10.3 Å². The minimum absolute atomic E-state index is 0.334. The largest absolute Gasteiger partial charge is 0.318 e. The fourth-order valence-corrected chi connectivity index (χ4v) is 3.41. The Kier molecular flexibility index (Phi) is 5.05. The van der Waals surface area contributed by atoms with E-state index in [1.807, 2.05) is 12.3 Å². The lowest BCUT2D eigenvalue weighted by Crippen LogP contribution is -2.39. The molecule has 98 valence electrons. The van der Waals surface area contributed by atoms with Crippen LogP contribution < -0.4 is 5.32 Å². The first kappa shape index (κ1) is 14.6. The number of aromatic nitrogens is 1. The lowest BCUT2D eigenvalue weighted by Gasteiger charge is -2.20. The van der Waals surface area contributed by atoms with Crippen molar-refractivity contribution in [3.8, 4) is 0 Å². The normalized spacial score (nSPS) is 14.2. The zero-order chi connectivity index (χ0) is 13.1. The van der Waals surface area contributed by atoms with E-state index in [0.29, 0.717) is 13.1 Å². The second kappa shape index (κ2) is 5.90. The van der Waals surface area contributed by atoms with Gasteiger partial charge >= 0.3 is 0 Å². The van der Waals surface area contributed by atoms with Crippen LogP contribution in [0.5, 0.6) is 0 Å². The monoisotopic (exact) mass is 277 g/mol. The molecule has 1 atom stereocenters. The molecular weight excluding hydrogens is 258 g/mol. The predicted molar refractivity (Wildman–Crippen MR) is 70.6 cm³/mol. The predicted octanol–water partition coefficient (Wildman–Crippen LogP) is 0.821. The molecule has 5 nitrogen and oxygen atoms in total. The molecule has 0 aliphatic rings. The van der Waals surface area contributed by atoms with E-state index in [9.17, 15) is 8.42 Å². The van der Waals surface area contributed by atoms with Crippen molar-refractivity contribution in [1.29, 1.82) is 0 Å². The van der Waals surface area contributed by atoms with Crippen LogP contribution in [0.4, 0.5) is 0 Å². The van der Waals surface area contributed by atoms with Crippen molar-refractivity contribution in [3.63, 3.8) is 0 Å². The third kappa shape index (κ3) is 3.74. The molecule has 0 saturated heterocycles. The van der Waals surface area contributed by atoms with Gasteiger partial charge in [0.05, 0.1) is 22.5 Å². The van der Waals surface area contributed by atoms with E-state index in [1.165, 1.54) is 15.6 Å². The summed E-state index contributed by atoms with van der Waals surface area (Å²) in [5.74, 6) is 0. The minimum Gasteiger partial charge on any atom is -0.318 e. The summed E-state index contributed by atoms with van der Waals surface area (Å²) >= 11 is 1.53.